The van der Waals surface area contributed by atoms with Crippen molar-refractivity contribution >= 4 is 5.78 Å². The molecule has 0 atom stereocenters. The largest absolute Gasteiger partial charge is 0.292 e. The number of carbonyl (C=O) groups excluding carboxylic acids is 1. The number of ketones is 1. The Kier molecular flexibility index (Phi) is 4.10. The van der Waals surface area contributed by atoms with E-state index in [1.165, 1.54) is 5.56 Å². The van der Waals surface area contributed by atoms with Crippen LogP contribution in [0.1, 0.15) is 46.9 Å². The minimum Gasteiger partial charge on any atom is -0.292 e. The lowest BCUT2D eigenvalue weighted by atomic mass is 9.99. The first-order chi connectivity index (χ1) is 9.08. The van der Waals surface area contributed by atoms with Gasteiger partial charge in [-0.2, -0.15) is 0 Å². The number of rotatable bonds is 4. The molecule has 1 aromatic carbocycles. The zero-order valence-electron chi connectivity index (χ0n) is 11.7. The molecular weight excluding hydrogens is 234 g/mol. The number of hydrogen-bond donors (Lipinski definition) is 0. The fourth-order valence-electron chi connectivity index (χ4n) is 2.07. The quantitative estimate of drug-likeness (QED) is 0.772. The van der Waals surface area contributed by atoms with E-state index in [4.69, 9.17) is 0 Å². The summed E-state index contributed by atoms with van der Waals surface area (Å²) in [5, 5.41) is 0. The van der Waals surface area contributed by atoms with Gasteiger partial charge in [-0.3, -0.25) is 9.78 Å². The van der Waals surface area contributed by atoms with E-state index in [0.29, 0.717) is 18.0 Å². The molecule has 1 aromatic heterocycles. The predicted molar refractivity (Wildman–Crippen MR) is 77.5 cm³/mol. The molecule has 2 nitrogen and oxygen atoms in total. The third-order valence-corrected chi connectivity index (χ3v) is 3.28. The second-order valence-electron chi connectivity index (χ2n) is 5.17. The van der Waals surface area contributed by atoms with Gasteiger partial charge in [0.2, 0.25) is 0 Å². The molecule has 2 rings (SSSR count). The van der Waals surface area contributed by atoms with E-state index in [-0.39, 0.29) is 5.78 Å². The van der Waals surface area contributed by atoms with Crippen LogP contribution >= 0.6 is 0 Å². The lowest BCUT2D eigenvalue weighted by Crippen LogP contribution is -2.08. The lowest BCUT2D eigenvalue weighted by Gasteiger charge is -2.07. The summed E-state index contributed by atoms with van der Waals surface area (Å²) in [5.74, 6) is 0.596. The van der Waals surface area contributed by atoms with Crippen LogP contribution in [-0.4, -0.2) is 10.8 Å². The second kappa shape index (κ2) is 5.79. The molecule has 0 radical (unpaired) electrons. The van der Waals surface area contributed by atoms with Gasteiger partial charge in [-0.1, -0.05) is 44.2 Å². The zero-order valence-corrected chi connectivity index (χ0v) is 11.7. The highest BCUT2D eigenvalue weighted by atomic mass is 16.1. The summed E-state index contributed by atoms with van der Waals surface area (Å²) in [6.07, 6.45) is 2.08. The minimum atomic E-state index is 0.0791. The van der Waals surface area contributed by atoms with Crippen molar-refractivity contribution in [2.75, 3.05) is 0 Å². The van der Waals surface area contributed by atoms with Gasteiger partial charge in [0.25, 0.3) is 0 Å². The molecule has 0 spiro atoms. The molecule has 0 saturated heterocycles. The normalized spacial score (nSPS) is 10.7. The van der Waals surface area contributed by atoms with Crippen molar-refractivity contribution < 1.29 is 4.79 Å². The molecule has 19 heavy (non-hydrogen) atoms. The summed E-state index contributed by atoms with van der Waals surface area (Å²) in [7, 11) is 0. The maximum absolute atomic E-state index is 12.2. The number of nitrogens with zero attached hydrogens (tertiary/aromatic N) is 1. The molecule has 0 bridgehead atoms. The summed E-state index contributed by atoms with van der Waals surface area (Å²) >= 11 is 0. The van der Waals surface area contributed by atoms with Crippen molar-refractivity contribution in [3.63, 3.8) is 0 Å². The van der Waals surface area contributed by atoms with Crippen LogP contribution in [0.25, 0.3) is 0 Å². The zero-order chi connectivity index (χ0) is 13.8. The highest BCUT2D eigenvalue weighted by Crippen LogP contribution is 2.16. The third kappa shape index (κ3) is 3.28. The Balaban J connectivity index is 2.13. The molecule has 1 heterocycles. The Morgan fingerprint density at radius 1 is 1.16 bits per heavy atom. The number of hydrogen-bond acceptors (Lipinski definition) is 2. The van der Waals surface area contributed by atoms with Crippen LogP contribution in [0.4, 0.5) is 0 Å². The van der Waals surface area contributed by atoms with Crippen molar-refractivity contribution in [3.8, 4) is 0 Å². The lowest BCUT2D eigenvalue weighted by molar-refractivity contribution is 0.0987. The molecule has 98 valence electrons. The van der Waals surface area contributed by atoms with Crippen LogP contribution < -0.4 is 0 Å². The van der Waals surface area contributed by atoms with Gasteiger partial charge in [-0.25, -0.2) is 0 Å². The first kappa shape index (κ1) is 13.5. The average molecular weight is 253 g/mol. The van der Waals surface area contributed by atoms with E-state index in [1.807, 2.05) is 31.2 Å². The molecule has 0 N–H and O–H groups in total. The Labute approximate surface area is 114 Å². The number of carbonyl (C=O) groups is 1. The maximum atomic E-state index is 12.2. The van der Waals surface area contributed by atoms with Gasteiger partial charge in [0.15, 0.2) is 5.78 Å². The van der Waals surface area contributed by atoms with Crippen molar-refractivity contribution in [3.05, 3.63) is 65.0 Å². The van der Waals surface area contributed by atoms with E-state index in [2.05, 4.69) is 31.0 Å². The van der Waals surface area contributed by atoms with Crippen LogP contribution in [0.3, 0.4) is 0 Å². The van der Waals surface area contributed by atoms with Gasteiger partial charge >= 0.3 is 0 Å². The molecule has 0 aliphatic rings. The predicted octanol–water partition coefficient (Wildman–Crippen LogP) is 3.94. The van der Waals surface area contributed by atoms with Crippen molar-refractivity contribution in [1.29, 1.82) is 0 Å². The number of Topliss-reactive ketones (excluding diaryl/α,β-unsaturated/α-hetero) is 1. The third-order valence-electron chi connectivity index (χ3n) is 3.28. The van der Waals surface area contributed by atoms with Crippen LogP contribution in [0.15, 0.2) is 42.6 Å². The summed E-state index contributed by atoms with van der Waals surface area (Å²) in [4.78, 5) is 16.4. The summed E-state index contributed by atoms with van der Waals surface area (Å²) in [6.45, 7) is 6.25. The topological polar surface area (TPSA) is 30.0 Å². The molecule has 0 aliphatic carbocycles. The molecule has 0 fully saturated rings. The fraction of sp³-hybridized carbons (Fsp3) is 0.294. The molecule has 0 saturated carbocycles. The SMILES string of the molecule is Cc1cccnc1C(=O)Cc1ccc(C(C)C)cc1. The Morgan fingerprint density at radius 2 is 1.84 bits per heavy atom. The first-order valence-corrected chi connectivity index (χ1v) is 6.61. The smallest absolute Gasteiger partial charge is 0.185 e. The Hall–Kier alpha value is -1.96. The molecule has 0 amide bonds. The summed E-state index contributed by atoms with van der Waals surface area (Å²) in [5.41, 5.74) is 3.85. The van der Waals surface area contributed by atoms with E-state index in [1.54, 1.807) is 6.20 Å². The van der Waals surface area contributed by atoms with Crippen molar-refractivity contribution in [2.24, 2.45) is 0 Å². The molecular formula is C17H19NO. The Bertz CT molecular complexity index is 570. The van der Waals surface area contributed by atoms with Crippen LogP contribution in [0.2, 0.25) is 0 Å². The van der Waals surface area contributed by atoms with E-state index in [0.717, 1.165) is 11.1 Å². The average Bonchev–Trinajstić information content (AvgIpc) is 2.39. The van der Waals surface area contributed by atoms with Crippen molar-refractivity contribution in [2.45, 2.75) is 33.1 Å². The summed E-state index contributed by atoms with van der Waals surface area (Å²) < 4.78 is 0. The van der Waals surface area contributed by atoms with Gasteiger partial charge in [0.05, 0.1) is 0 Å². The van der Waals surface area contributed by atoms with E-state index < -0.39 is 0 Å². The summed E-state index contributed by atoms with van der Waals surface area (Å²) in [6, 6.07) is 12.0. The molecule has 2 heteroatoms. The van der Waals surface area contributed by atoms with E-state index in [9.17, 15) is 4.79 Å². The number of aryl methyl sites for hydroxylation is 1. The monoisotopic (exact) mass is 253 g/mol. The van der Waals surface area contributed by atoms with Gasteiger partial charge < -0.3 is 0 Å². The highest BCUT2D eigenvalue weighted by Gasteiger charge is 2.11. The van der Waals surface area contributed by atoms with Crippen LogP contribution in [0, 0.1) is 6.92 Å². The van der Waals surface area contributed by atoms with Crippen LogP contribution in [0.5, 0.6) is 0 Å². The highest BCUT2D eigenvalue weighted by molar-refractivity contribution is 5.96. The minimum absolute atomic E-state index is 0.0791. The Morgan fingerprint density at radius 3 is 2.42 bits per heavy atom. The van der Waals surface area contributed by atoms with Crippen LogP contribution in [-0.2, 0) is 6.42 Å². The standard InChI is InChI=1S/C17H19NO/c1-12(2)15-8-6-14(7-9-15)11-16(19)17-13(3)5-4-10-18-17/h4-10,12H,11H2,1-3H3. The van der Waals surface area contributed by atoms with Crippen molar-refractivity contribution in [1.82, 2.24) is 4.98 Å². The fourth-order valence-corrected chi connectivity index (χ4v) is 2.07. The molecule has 0 aliphatic heterocycles. The van der Waals surface area contributed by atoms with Gasteiger partial charge in [-0.05, 0) is 35.6 Å². The number of benzene rings is 1. The van der Waals surface area contributed by atoms with Gasteiger partial charge in [-0.15, -0.1) is 0 Å². The maximum Gasteiger partial charge on any atom is 0.185 e. The van der Waals surface area contributed by atoms with E-state index >= 15 is 0 Å². The number of aromatic nitrogens is 1. The molecule has 0 unspecified atom stereocenters. The van der Waals surface area contributed by atoms with Gasteiger partial charge in [0, 0.05) is 12.6 Å². The van der Waals surface area contributed by atoms with Gasteiger partial charge in [0.1, 0.15) is 5.69 Å². The first-order valence-electron chi connectivity index (χ1n) is 6.61. The second-order valence-corrected chi connectivity index (χ2v) is 5.17. The number of pyridine rings is 1. The molecule has 2 aromatic rings.